The molecule has 0 aromatic carbocycles. The second kappa shape index (κ2) is 25.8. The molecular weight excluding hydrogens is 522 g/mol. The maximum atomic E-state index is 12.5. The zero-order valence-electron chi connectivity index (χ0n) is 27.0. The van der Waals surface area contributed by atoms with Gasteiger partial charge in [-0.25, -0.2) is 0 Å². The SMILES string of the molecule is CCCCCCC/C=C\CCCCCCCC(=O)OC(COCCC(C(=O)[O-])[N+](C)(C)C)COC(=O)CCCCC. The fourth-order valence-corrected chi connectivity index (χ4v) is 4.53. The lowest BCUT2D eigenvalue weighted by Crippen LogP contribution is -2.55. The molecule has 0 rings (SSSR count). The number of ether oxygens (including phenoxy) is 3. The fourth-order valence-electron chi connectivity index (χ4n) is 4.53. The molecule has 8 heteroatoms. The average molecular weight is 584 g/mol. The molecule has 0 fully saturated rings. The van der Waals surface area contributed by atoms with Crippen molar-refractivity contribution in [1.29, 1.82) is 0 Å². The summed E-state index contributed by atoms with van der Waals surface area (Å²) in [5, 5.41) is 11.5. The highest BCUT2D eigenvalue weighted by Gasteiger charge is 2.25. The summed E-state index contributed by atoms with van der Waals surface area (Å²) in [5.74, 6) is -1.78. The topological polar surface area (TPSA) is 102 Å². The van der Waals surface area contributed by atoms with Gasteiger partial charge in [0.1, 0.15) is 12.6 Å². The van der Waals surface area contributed by atoms with Crippen LogP contribution in [0.5, 0.6) is 0 Å². The summed E-state index contributed by atoms with van der Waals surface area (Å²) in [6.07, 6.45) is 21.6. The van der Waals surface area contributed by atoms with Gasteiger partial charge in [-0.1, -0.05) is 83.8 Å². The van der Waals surface area contributed by atoms with Crippen LogP contribution < -0.4 is 5.11 Å². The molecule has 0 aliphatic rings. The van der Waals surface area contributed by atoms with Crippen LogP contribution in [0.3, 0.4) is 0 Å². The average Bonchev–Trinajstić information content (AvgIpc) is 2.90. The van der Waals surface area contributed by atoms with Crippen molar-refractivity contribution in [3.63, 3.8) is 0 Å². The van der Waals surface area contributed by atoms with Gasteiger partial charge in [0.25, 0.3) is 0 Å². The Kier molecular flexibility index (Phi) is 24.5. The van der Waals surface area contributed by atoms with E-state index in [2.05, 4.69) is 26.0 Å². The third-order valence-corrected chi connectivity index (χ3v) is 7.15. The number of likely N-dealkylation sites (N-methyl/N-ethyl adjacent to an activating group) is 1. The molecule has 2 unspecified atom stereocenters. The first-order chi connectivity index (χ1) is 19.6. The molecule has 0 N–H and O–H groups in total. The third kappa shape index (κ3) is 24.4. The van der Waals surface area contributed by atoms with Gasteiger partial charge in [-0.05, 0) is 38.5 Å². The van der Waals surface area contributed by atoms with Crippen molar-refractivity contribution >= 4 is 17.9 Å². The second-order valence-corrected chi connectivity index (χ2v) is 12.0. The standard InChI is InChI=1S/C33H61NO7/c1-6-8-10-11-12-13-14-15-16-17-18-19-20-22-24-32(36)41-29(28-40-31(35)23-21-9-7-2)27-39-26-25-30(33(37)38)34(3,4)5/h14-15,29-30H,6-13,16-28H2,1-5H3/b15-14-. The minimum atomic E-state index is -1.13. The number of aliphatic carboxylic acids is 1. The summed E-state index contributed by atoms with van der Waals surface area (Å²) in [6.45, 7) is 4.45. The second-order valence-electron chi connectivity index (χ2n) is 12.0. The van der Waals surface area contributed by atoms with Gasteiger partial charge in [0.05, 0.1) is 40.3 Å². The zero-order valence-corrected chi connectivity index (χ0v) is 27.0. The van der Waals surface area contributed by atoms with Gasteiger partial charge in [0.15, 0.2) is 6.10 Å². The summed E-state index contributed by atoms with van der Waals surface area (Å²) in [7, 11) is 5.37. The number of nitrogens with zero attached hydrogens (tertiary/aromatic N) is 1. The van der Waals surface area contributed by atoms with Crippen LogP contribution in [0.4, 0.5) is 0 Å². The highest BCUT2D eigenvalue weighted by atomic mass is 16.6. The Morgan fingerprint density at radius 1 is 0.707 bits per heavy atom. The summed E-state index contributed by atoms with van der Waals surface area (Å²) in [5.41, 5.74) is 0. The molecule has 0 amide bonds. The van der Waals surface area contributed by atoms with E-state index in [0.29, 0.717) is 12.8 Å². The van der Waals surface area contributed by atoms with E-state index in [9.17, 15) is 19.5 Å². The van der Waals surface area contributed by atoms with Crippen LogP contribution >= 0.6 is 0 Å². The van der Waals surface area contributed by atoms with Crippen molar-refractivity contribution in [2.24, 2.45) is 0 Å². The molecule has 0 heterocycles. The number of carbonyl (C=O) groups is 3. The number of hydrogen-bond acceptors (Lipinski definition) is 7. The van der Waals surface area contributed by atoms with E-state index in [0.717, 1.165) is 51.4 Å². The Labute approximate surface area is 250 Å². The predicted octanol–water partition coefficient (Wildman–Crippen LogP) is 5.90. The maximum absolute atomic E-state index is 12.5. The predicted molar refractivity (Wildman–Crippen MR) is 162 cm³/mol. The largest absolute Gasteiger partial charge is 0.544 e. The zero-order chi connectivity index (χ0) is 30.8. The molecule has 0 aliphatic heterocycles. The number of hydrogen-bond donors (Lipinski definition) is 0. The molecule has 41 heavy (non-hydrogen) atoms. The first-order valence-corrected chi connectivity index (χ1v) is 16.2. The summed E-state index contributed by atoms with van der Waals surface area (Å²) < 4.78 is 16.8. The fraction of sp³-hybridized carbons (Fsp3) is 0.848. The normalized spacial score (nSPS) is 13.3. The number of carboxylic acid groups (broad SMARTS) is 1. The number of quaternary nitrogens is 1. The van der Waals surface area contributed by atoms with Crippen LogP contribution in [0.1, 0.15) is 129 Å². The molecule has 0 spiro atoms. The van der Waals surface area contributed by atoms with Crippen LogP contribution in [0.15, 0.2) is 12.2 Å². The lowest BCUT2D eigenvalue weighted by atomic mass is 10.1. The van der Waals surface area contributed by atoms with Crippen LogP contribution in [0.25, 0.3) is 0 Å². The molecule has 0 radical (unpaired) electrons. The monoisotopic (exact) mass is 583 g/mol. The number of esters is 2. The van der Waals surface area contributed by atoms with Crippen LogP contribution in [-0.4, -0.2) is 75.5 Å². The quantitative estimate of drug-likeness (QED) is 0.0489. The molecule has 0 saturated carbocycles. The van der Waals surface area contributed by atoms with Gasteiger partial charge in [0, 0.05) is 19.3 Å². The minimum absolute atomic E-state index is 0.0388. The number of rotatable bonds is 28. The molecule has 8 nitrogen and oxygen atoms in total. The van der Waals surface area contributed by atoms with Crippen molar-refractivity contribution in [1.82, 2.24) is 0 Å². The molecule has 0 aromatic rings. The van der Waals surface area contributed by atoms with E-state index in [1.807, 2.05) is 0 Å². The van der Waals surface area contributed by atoms with E-state index in [-0.39, 0.29) is 42.7 Å². The van der Waals surface area contributed by atoms with Crippen LogP contribution in [-0.2, 0) is 28.6 Å². The van der Waals surface area contributed by atoms with Crippen LogP contribution in [0.2, 0.25) is 0 Å². The van der Waals surface area contributed by atoms with Crippen molar-refractivity contribution in [3.05, 3.63) is 12.2 Å². The molecule has 0 aliphatic carbocycles. The number of carboxylic acids is 1. The summed E-state index contributed by atoms with van der Waals surface area (Å²) >= 11 is 0. The summed E-state index contributed by atoms with van der Waals surface area (Å²) in [4.78, 5) is 36.0. The Morgan fingerprint density at radius 3 is 1.80 bits per heavy atom. The Hall–Kier alpha value is -1.93. The maximum Gasteiger partial charge on any atom is 0.306 e. The lowest BCUT2D eigenvalue weighted by molar-refractivity contribution is -0.889. The Balaban J connectivity index is 4.33. The van der Waals surface area contributed by atoms with E-state index < -0.39 is 18.1 Å². The number of allylic oxidation sites excluding steroid dienone is 2. The molecule has 0 bridgehead atoms. The van der Waals surface area contributed by atoms with Gasteiger partial charge in [-0.2, -0.15) is 0 Å². The van der Waals surface area contributed by atoms with Gasteiger partial charge in [-0.15, -0.1) is 0 Å². The van der Waals surface area contributed by atoms with Crippen molar-refractivity contribution in [2.75, 3.05) is 41.0 Å². The van der Waals surface area contributed by atoms with Crippen molar-refractivity contribution in [2.45, 2.75) is 142 Å². The van der Waals surface area contributed by atoms with E-state index in [1.54, 1.807) is 21.1 Å². The van der Waals surface area contributed by atoms with E-state index in [1.165, 1.54) is 44.9 Å². The van der Waals surface area contributed by atoms with Gasteiger partial charge in [0.2, 0.25) is 0 Å². The Morgan fingerprint density at radius 2 is 1.22 bits per heavy atom. The molecular formula is C33H61NO7. The molecule has 0 saturated heterocycles. The highest BCUT2D eigenvalue weighted by molar-refractivity contribution is 5.70. The van der Waals surface area contributed by atoms with E-state index in [4.69, 9.17) is 14.2 Å². The van der Waals surface area contributed by atoms with Gasteiger partial charge in [-0.3, -0.25) is 9.59 Å². The van der Waals surface area contributed by atoms with E-state index >= 15 is 0 Å². The summed E-state index contributed by atoms with van der Waals surface area (Å²) in [6, 6.07) is -0.719. The Bertz CT molecular complexity index is 702. The molecule has 240 valence electrons. The highest BCUT2D eigenvalue weighted by Crippen LogP contribution is 2.12. The third-order valence-electron chi connectivity index (χ3n) is 7.15. The lowest BCUT2D eigenvalue weighted by Gasteiger charge is -2.34. The smallest absolute Gasteiger partial charge is 0.306 e. The minimum Gasteiger partial charge on any atom is -0.544 e. The first kappa shape index (κ1) is 39.1. The first-order valence-electron chi connectivity index (χ1n) is 16.2. The molecule has 2 atom stereocenters. The van der Waals surface area contributed by atoms with Crippen molar-refractivity contribution in [3.8, 4) is 0 Å². The van der Waals surface area contributed by atoms with Gasteiger partial charge >= 0.3 is 11.9 Å². The van der Waals surface area contributed by atoms with Crippen LogP contribution in [0, 0.1) is 0 Å². The number of carbonyl (C=O) groups excluding carboxylic acids is 3. The molecule has 0 aromatic heterocycles. The number of unbranched alkanes of at least 4 members (excludes halogenated alkanes) is 12. The van der Waals surface area contributed by atoms with Crippen molar-refractivity contribution < 1.29 is 38.2 Å². The van der Waals surface area contributed by atoms with Gasteiger partial charge < -0.3 is 28.6 Å².